The molecule has 0 radical (unpaired) electrons. The Morgan fingerprint density at radius 1 is 1.38 bits per heavy atom. The van der Waals surface area contributed by atoms with Gasteiger partial charge < -0.3 is 10.3 Å². The Labute approximate surface area is 72.8 Å². The van der Waals surface area contributed by atoms with E-state index in [0.29, 0.717) is 15.8 Å². The van der Waals surface area contributed by atoms with Gasteiger partial charge in [-0.3, -0.25) is 0 Å². The summed E-state index contributed by atoms with van der Waals surface area (Å²) in [5.74, 6) is -1.63. The van der Waals surface area contributed by atoms with Gasteiger partial charge in [-0.25, -0.2) is 9.78 Å². The first kappa shape index (κ1) is 7.60. The topological polar surface area (TPSA) is 75.3 Å². The summed E-state index contributed by atoms with van der Waals surface area (Å²) in [5, 5.41) is 18.0. The Morgan fingerprint density at radius 3 is 2.69 bits per heavy atom. The van der Waals surface area contributed by atoms with Crippen LogP contribution in [0.15, 0.2) is 24.3 Å². The van der Waals surface area contributed by atoms with Crippen LogP contribution in [0.1, 0.15) is 10.6 Å². The van der Waals surface area contributed by atoms with E-state index in [1.165, 1.54) is 0 Å². The molecule has 0 aliphatic carbocycles. The molecule has 5 nitrogen and oxygen atoms in total. The number of carboxylic acids is 1. The molecule has 0 unspecified atom stereocenters. The maximum atomic E-state index is 10.5. The number of aromatic carboxylic acids is 1. The minimum absolute atomic E-state index is 0.374. The first-order chi connectivity index (χ1) is 6.20. The highest BCUT2D eigenvalue weighted by atomic mass is 16.5. The molecule has 0 aliphatic heterocycles. The van der Waals surface area contributed by atoms with Gasteiger partial charge in [0.15, 0.2) is 0 Å². The number of aromatic nitrogens is 2. The number of fused-ring (bicyclic) bond motifs is 1. The quantitative estimate of drug-likeness (QED) is 0.638. The van der Waals surface area contributed by atoms with Gasteiger partial charge in [0.2, 0.25) is 0 Å². The number of rotatable bonds is 1. The summed E-state index contributed by atoms with van der Waals surface area (Å²) in [6.45, 7) is 0. The number of hydrogen-bond acceptors (Lipinski definition) is 3. The third-order valence-corrected chi connectivity index (χ3v) is 1.73. The summed E-state index contributed by atoms with van der Waals surface area (Å²) >= 11 is 0. The van der Waals surface area contributed by atoms with E-state index in [2.05, 4.69) is 4.98 Å². The Kier molecular flexibility index (Phi) is 1.45. The summed E-state index contributed by atoms with van der Waals surface area (Å²) in [6.07, 6.45) is 0. The van der Waals surface area contributed by atoms with E-state index in [9.17, 15) is 10.0 Å². The highest BCUT2D eigenvalue weighted by molar-refractivity contribution is 5.89. The van der Waals surface area contributed by atoms with E-state index in [4.69, 9.17) is 5.11 Å². The summed E-state index contributed by atoms with van der Waals surface area (Å²) in [4.78, 5) is 14.3. The van der Waals surface area contributed by atoms with Gasteiger partial charge in [0, 0.05) is 0 Å². The molecule has 2 N–H and O–H groups in total. The number of imidazole rings is 1. The van der Waals surface area contributed by atoms with Gasteiger partial charge in [-0.1, -0.05) is 12.1 Å². The Morgan fingerprint density at radius 2 is 2.08 bits per heavy atom. The highest BCUT2D eigenvalue weighted by Gasteiger charge is 2.14. The van der Waals surface area contributed by atoms with Gasteiger partial charge in [-0.2, -0.15) is 4.73 Å². The van der Waals surface area contributed by atoms with Gasteiger partial charge >= 0.3 is 5.97 Å². The molecule has 0 saturated carbocycles. The molecular weight excluding hydrogens is 172 g/mol. The van der Waals surface area contributed by atoms with Crippen LogP contribution >= 0.6 is 0 Å². The van der Waals surface area contributed by atoms with Crippen molar-refractivity contribution in [2.24, 2.45) is 0 Å². The van der Waals surface area contributed by atoms with Crippen molar-refractivity contribution in [3.05, 3.63) is 30.1 Å². The van der Waals surface area contributed by atoms with Crippen LogP contribution in [-0.2, 0) is 0 Å². The molecule has 2 rings (SSSR count). The van der Waals surface area contributed by atoms with E-state index in [1.807, 2.05) is 0 Å². The molecular formula is C8H6N2O3. The average molecular weight is 178 g/mol. The molecule has 0 fully saturated rings. The van der Waals surface area contributed by atoms with Crippen LogP contribution in [0.2, 0.25) is 0 Å². The van der Waals surface area contributed by atoms with E-state index < -0.39 is 5.97 Å². The van der Waals surface area contributed by atoms with Gasteiger partial charge in [0.25, 0.3) is 5.82 Å². The number of benzene rings is 1. The SMILES string of the molecule is O=C(O)c1nc2ccccc2n1O. The summed E-state index contributed by atoms with van der Waals surface area (Å²) < 4.78 is 0.567. The van der Waals surface area contributed by atoms with Crippen molar-refractivity contribution in [3.8, 4) is 0 Å². The van der Waals surface area contributed by atoms with Crippen LogP contribution in [0.4, 0.5) is 0 Å². The van der Waals surface area contributed by atoms with Crippen molar-refractivity contribution in [3.63, 3.8) is 0 Å². The smallest absolute Gasteiger partial charge is 0.375 e. The van der Waals surface area contributed by atoms with Crippen molar-refractivity contribution in [1.29, 1.82) is 0 Å². The number of hydrogen-bond donors (Lipinski definition) is 2. The maximum absolute atomic E-state index is 10.5. The average Bonchev–Trinajstić information content (AvgIpc) is 2.45. The van der Waals surface area contributed by atoms with Crippen molar-refractivity contribution in [2.45, 2.75) is 0 Å². The van der Waals surface area contributed by atoms with E-state index in [-0.39, 0.29) is 5.82 Å². The van der Waals surface area contributed by atoms with Gasteiger partial charge in [0.1, 0.15) is 5.52 Å². The fourth-order valence-corrected chi connectivity index (χ4v) is 1.15. The third kappa shape index (κ3) is 1.01. The third-order valence-electron chi connectivity index (χ3n) is 1.73. The van der Waals surface area contributed by atoms with Crippen LogP contribution in [-0.4, -0.2) is 26.0 Å². The predicted molar refractivity (Wildman–Crippen MR) is 43.9 cm³/mol. The maximum Gasteiger partial charge on any atom is 0.375 e. The molecule has 0 atom stereocenters. The number of nitrogens with zero attached hydrogens (tertiary/aromatic N) is 2. The molecule has 1 heterocycles. The second-order valence-corrected chi connectivity index (χ2v) is 2.54. The number of carboxylic acid groups (broad SMARTS) is 1. The molecule has 0 aliphatic rings. The lowest BCUT2D eigenvalue weighted by molar-refractivity contribution is 0.0639. The lowest BCUT2D eigenvalue weighted by Gasteiger charge is -1.93. The van der Waals surface area contributed by atoms with Gasteiger partial charge in [-0.05, 0) is 12.1 Å². The second-order valence-electron chi connectivity index (χ2n) is 2.54. The molecule has 13 heavy (non-hydrogen) atoms. The zero-order valence-electron chi connectivity index (χ0n) is 6.51. The first-order valence-corrected chi connectivity index (χ1v) is 3.60. The predicted octanol–water partition coefficient (Wildman–Crippen LogP) is 0.972. The molecule has 0 spiro atoms. The van der Waals surface area contributed by atoms with Gasteiger partial charge in [-0.15, -0.1) is 0 Å². The molecule has 1 aromatic carbocycles. The fraction of sp³-hybridized carbons (Fsp3) is 0. The van der Waals surface area contributed by atoms with Crippen molar-refractivity contribution in [1.82, 2.24) is 9.71 Å². The Hall–Kier alpha value is -2.04. The molecule has 1 aromatic heterocycles. The zero-order valence-corrected chi connectivity index (χ0v) is 6.51. The van der Waals surface area contributed by atoms with Crippen LogP contribution in [0.5, 0.6) is 0 Å². The monoisotopic (exact) mass is 178 g/mol. The van der Waals surface area contributed by atoms with Crippen LogP contribution < -0.4 is 0 Å². The minimum Gasteiger partial charge on any atom is -0.475 e. The first-order valence-electron chi connectivity index (χ1n) is 3.60. The molecule has 5 heteroatoms. The minimum atomic E-state index is -1.25. The number of para-hydroxylation sites is 2. The van der Waals surface area contributed by atoms with Crippen LogP contribution in [0.25, 0.3) is 11.0 Å². The van der Waals surface area contributed by atoms with Crippen molar-refractivity contribution >= 4 is 17.0 Å². The fourth-order valence-electron chi connectivity index (χ4n) is 1.15. The number of carbonyl (C=O) groups is 1. The van der Waals surface area contributed by atoms with E-state index in [1.54, 1.807) is 24.3 Å². The van der Waals surface area contributed by atoms with Crippen molar-refractivity contribution < 1.29 is 15.1 Å². The van der Waals surface area contributed by atoms with Crippen LogP contribution in [0.3, 0.4) is 0 Å². The largest absolute Gasteiger partial charge is 0.475 e. The van der Waals surface area contributed by atoms with E-state index in [0.717, 1.165) is 0 Å². The lowest BCUT2D eigenvalue weighted by atomic mass is 10.3. The summed E-state index contributed by atoms with van der Waals surface area (Å²) in [5.41, 5.74) is 0.849. The summed E-state index contributed by atoms with van der Waals surface area (Å²) in [7, 11) is 0. The zero-order chi connectivity index (χ0) is 9.42. The van der Waals surface area contributed by atoms with Crippen molar-refractivity contribution in [2.75, 3.05) is 0 Å². The lowest BCUT2D eigenvalue weighted by Crippen LogP contribution is -2.06. The highest BCUT2D eigenvalue weighted by Crippen LogP contribution is 2.13. The molecule has 2 aromatic rings. The Bertz CT molecular complexity index is 475. The van der Waals surface area contributed by atoms with Crippen LogP contribution in [0, 0.1) is 0 Å². The molecule has 0 saturated heterocycles. The second kappa shape index (κ2) is 2.48. The standard InChI is InChI=1S/C8H6N2O3/c11-8(12)7-9-5-3-1-2-4-6(5)10(7)13/h1-4,13H,(H,11,12). The molecule has 66 valence electrons. The normalized spacial score (nSPS) is 10.5. The summed E-state index contributed by atoms with van der Waals surface area (Å²) in [6, 6.07) is 6.65. The van der Waals surface area contributed by atoms with Gasteiger partial charge in [0.05, 0.1) is 5.52 Å². The van der Waals surface area contributed by atoms with E-state index >= 15 is 0 Å². The Balaban J connectivity index is 2.81. The molecule has 0 amide bonds. The molecule has 0 bridgehead atoms.